The fraction of sp³-hybridized carbons (Fsp3) is 0.125. The Balaban J connectivity index is 2.13. The zero-order valence-corrected chi connectivity index (χ0v) is 12.7. The summed E-state index contributed by atoms with van der Waals surface area (Å²) in [5.74, 6) is -0.382. The first-order chi connectivity index (χ1) is 10.1. The average Bonchev–Trinajstić information content (AvgIpc) is 2.54. The Morgan fingerprint density at radius 3 is 2.29 bits per heavy atom. The van der Waals surface area contributed by atoms with Gasteiger partial charge >= 0.3 is 0 Å². The lowest BCUT2D eigenvalue weighted by Gasteiger charge is -2.07. The Labute approximate surface area is 127 Å². The zero-order chi connectivity index (χ0) is 15.2. The molecule has 0 saturated carbocycles. The molecule has 2 aromatic carbocycles. The highest BCUT2D eigenvalue weighted by Crippen LogP contribution is 2.16. The quantitative estimate of drug-likeness (QED) is 0.853. The molecule has 5 heteroatoms. The molecule has 0 heterocycles. The molecule has 0 aliphatic heterocycles. The first-order valence-corrected chi connectivity index (χ1v) is 7.64. The highest BCUT2D eigenvalue weighted by atomic mass is 32.2. The van der Waals surface area contributed by atoms with Gasteiger partial charge in [-0.05, 0) is 48.7 Å². The van der Waals surface area contributed by atoms with Crippen LogP contribution in [0.1, 0.15) is 20.7 Å². The largest absolute Gasteiger partial charge is 0.355 e. The molecule has 0 fully saturated rings. The molecule has 0 saturated heterocycles. The van der Waals surface area contributed by atoms with Crippen LogP contribution in [0, 0.1) is 0 Å². The third kappa shape index (κ3) is 3.86. The van der Waals surface area contributed by atoms with Crippen LogP contribution in [0.3, 0.4) is 0 Å². The molecule has 2 amide bonds. The Morgan fingerprint density at radius 2 is 1.67 bits per heavy atom. The third-order valence-corrected chi connectivity index (χ3v) is 3.71. The van der Waals surface area contributed by atoms with Crippen molar-refractivity contribution in [2.75, 3.05) is 18.6 Å². The van der Waals surface area contributed by atoms with Crippen LogP contribution < -0.4 is 10.6 Å². The molecule has 0 atom stereocenters. The molecular weight excluding hydrogens is 284 g/mol. The standard InChI is InChI=1S/C16H16N2O2S/c1-17-15(19)12-4-3-5-13(10-12)18-16(20)11-6-8-14(21-2)9-7-11/h3-10H,1-2H3,(H,17,19)(H,18,20). The van der Waals surface area contributed by atoms with E-state index in [0.29, 0.717) is 16.8 Å². The molecule has 2 rings (SSSR count). The predicted octanol–water partition coefficient (Wildman–Crippen LogP) is 3.02. The third-order valence-electron chi connectivity index (χ3n) is 2.96. The molecule has 0 aliphatic carbocycles. The van der Waals surface area contributed by atoms with Crippen molar-refractivity contribution in [1.82, 2.24) is 5.32 Å². The highest BCUT2D eigenvalue weighted by molar-refractivity contribution is 7.98. The molecule has 0 aromatic heterocycles. The van der Waals surface area contributed by atoms with Crippen molar-refractivity contribution in [3.05, 3.63) is 59.7 Å². The summed E-state index contributed by atoms with van der Waals surface area (Å²) in [4.78, 5) is 24.8. The monoisotopic (exact) mass is 300 g/mol. The lowest BCUT2D eigenvalue weighted by molar-refractivity contribution is 0.0961. The molecular formula is C16H16N2O2S. The number of amides is 2. The minimum atomic E-state index is -0.197. The summed E-state index contributed by atoms with van der Waals surface area (Å²) < 4.78 is 0. The lowest BCUT2D eigenvalue weighted by Crippen LogP contribution is -2.18. The minimum Gasteiger partial charge on any atom is -0.355 e. The van der Waals surface area contributed by atoms with Crippen LogP contribution in [0.2, 0.25) is 0 Å². The number of anilines is 1. The first kappa shape index (κ1) is 15.1. The van der Waals surface area contributed by atoms with Gasteiger partial charge in [0.15, 0.2) is 0 Å². The van der Waals surface area contributed by atoms with Gasteiger partial charge in [0.25, 0.3) is 11.8 Å². The fourth-order valence-electron chi connectivity index (χ4n) is 1.83. The van der Waals surface area contributed by atoms with Gasteiger partial charge in [-0.3, -0.25) is 9.59 Å². The Morgan fingerprint density at radius 1 is 0.952 bits per heavy atom. The van der Waals surface area contributed by atoms with Gasteiger partial charge in [-0.2, -0.15) is 0 Å². The van der Waals surface area contributed by atoms with E-state index in [2.05, 4.69) is 10.6 Å². The maximum atomic E-state index is 12.1. The van der Waals surface area contributed by atoms with E-state index in [1.54, 1.807) is 55.2 Å². The lowest BCUT2D eigenvalue weighted by atomic mass is 10.1. The van der Waals surface area contributed by atoms with Crippen molar-refractivity contribution in [3.63, 3.8) is 0 Å². The second-order valence-corrected chi connectivity index (χ2v) is 5.22. The van der Waals surface area contributed by atoms with E-state index in [1.807, 2.05) is 18.4 Å². The number of rotatable bonds is 4. The van der Waals surface area contributed by atoms with Gasteiger partial charge in [-0.15, -0.1) is 11.8 Å². The van der Waals surface area contributed by atoms with Gasteiger partial charge in [0.2, 0.25) is 0 Å². The second-order valence-electron chi connectivity index (χ2n) is 4.34. The number of benzene rings is 2. The summed E-state index contributed by atoms with van der Waals surface area (Å²) >= 11 is 1.62. The van der Waals surface area contributed by atoms with Crippen molar-refractivity contribution in [2.24, 2.45) is 0 Å². The van der Waals surface area contributed by atoms with Gasteiger partial charge < -0.3 is 10.6 Å². The predicted molar refractivity (Wildman–Crippen MR) is 86.0 cm³/mol. The van der Waals surface area contributed by atoms with Crippen molar-refractivity contribution in [2.45, 2.75) is 4.90 Å². The molecule has 0 bridgehead atoms. The summed E-state index contributed by atoms with van der Waals surface area (Å²) in [6.07, 6.45) is 1.99. The number of nitrogens with one attached hydrogen (secondary N) is 2. The molecule has 2 N–H and O–H groups in total. The van der Waals surface area contributed by atoms with Crippen molar-refractivity contribution < 1.29 is 9.59 Å². The average molecular weight is 300 g/mol. The van der Waals surface area contributed by atoms with Crippen molar-refractivity contribution in [1.29, 1.82) is 0 Å². The van der Waals surface area contributed by atoms with E-state index in [9.17, 15) is 9.59 Å². The van der Waals surface area contributed by atoms with Crippen LogP contribution >= 0.6 is 11.8 Å². The van der Waals surface area contributed by atoms with Crippen molar-refractivity contribution >= 4 is 29.3 Å². The molecule has 0 radical (unpaired) electrons. The van der Waals surface area contributed by atoms with E-state index in [-0.39, 0.29) is 11.8 Å². The van der Waals surface area contributed by atoms with Crippen LogP contribution in [-0.2, 0) is 0 Å². The summed E-state index contributed by atoms with van der Waals surface area (Å²) in [6.45, 7) is 0. The van der Waals surface area contributed by atoms with Crippen molar-refractivity contribution in [3.8, 4) is 0 Å². The Hall–Kier alpha value is -2.27. The maximum absolute atomic E-state index is 12.1. The van der Waals surface area contributed by atoms with E-state index >= 15 is 0 Å². The van der Waals surface area contributed by atoms with Crippen LogP contribution in [0.4, 0.5) is 5.69 Å². The second kappa shape index (κ2) is 6.95. The van der Waals surface area contributed by atoms with Crippen LogP contribution in [-0.4, -0.2) is 25.1 Å². The van der Waals surface area contributed by atoms with E-state index in [0.717, 1.165) is 4.90 Å². The van der Waals surface area contributed by atoms with Gasteiger partial charge in [-0.25, -0.2) is 0 Å². The number of hydrogen-bond acceptors (Lipinski definition) is 3. The molecule has 4 nitrogen and oxygen atoms in total. The molecule has 108 valence electrons. The number of carbonyl (C=O) groups is 2. The SMILES string of the molecule is CNC(=O)c1cccc(NC(=O)c2ccc(SC)cc2)c1. The van der Waals surface area contributed by atoms with Gasteiger partial charge in [0, 0.05) is 28.8 Å². The summed E-state index contributed by atoms with van der Waals surface area (Å²) in [5.41, 5.74) is 1.68. The van der Waals surface area contributed by atoms with Gasteiger partial charge in [0.1, 0.15) is 0 Å². The maximum Gasteiger partial charge on any atom is 0.255 e. The smallest absolute Gasteiger partial charge is 0.255 e. The summed E-state index contributed by atoms with van der Waals surface area (Å²) in [6, 6.07) is 14.2. The Kier molecular flexibility index (Phi) is 5.00. The van der Waals surface area contributed by atoms with Crippen LogP contribution in [0.25, 0.3) is 0 Å². The zero-order valence-electron chi connectivity index (χ0n) is 11.8. The number of thioether (sulfide) groups is 1. The topological polar surface area (TPSA) is 58.2 Å². The van der Waals surface area contributed by atoms with Gasteiger partial charge in [-0.1, -0.05) is 6.07 Å². The van der Waals surface area contributed by atoms with E-state index in [1.165, 1.54) is 0 Å². The summed E-state index contributed by atoms with van der Waals surface area (Å²) in [7, 11) is 1.57. The molecule has 2 aromatic rings. The molecule has 0 spiro atoms. The van der Waals surface area contributed by atoms with E-state index in [4.69, 9.17) is 0 Å². The molecule has 0 aliphatic rings. The highest BCUT2D eigenvalue weighted by Gasteiger charge is 2.08. The van der Waals surface area contributed by atoms with Crippen LogP contribution in [0.15, 0.2) is 53.4 Å². The normalized spacial score (nSPS) is 10.0. The molecule has 0 unspecified atom stereocenters. The Bertz CT molecular complexity index is 654. The van der Waals surface area contributed by atoms with E-state index < -0.39 is 0 Å². The fourth-order valence-corrected chi connectivity index (χ4v) is 2.24. The molecule has 21 heavy (non-hydrogen) atoms. The first-order valence-electron chi connectivity index (χ1n) is 6.41. The minimum absolute atomic E-state index is 0.185. The van der Waals surface area contributed by atoms with Gasteiger partial charge in [0.05, 0.1) is 0 Å². The number of hydrogen-bond donors (Lipinski definition) is 2. The summed E-state index contributed by atoms with van der Waals surface area (Å²) in [5, 5.41) is 5.34. The van der Waals surface area contributed by atoms with Crippen LogP contribution in [0.5, 0.6) is 0 Å². The number of carbonyl (C=O) groups excluding carboxylic acids is 2.